The van der Waals surface area contributed by atoms with Gasteiger partial charge in [0, 0.05) is 17.1 Å². The van der Waals surface area contributed by atoms with E-state index in [1.165, 1.54) is 18.2 Å². The zero-order valence-corrected chi connectivity index (χ0v) is 11.9. The first-order chi connectivity index (χ1) is 9.97. The third-order valence-corrected chi connectivity index (χ3v) is 4.91. The van der Waals surface area contributed by atoms with Crippen LogP contribution in [0.4, 0.5) is 11.4 Å². The summed E-state index contributed by atoms with van der Waals surface area (Å²) in [7, 11) is 0. The van der Waals surface area contributed by atoms with Crippen LogP contribution < -0.4 is 5.32 Å². The van der Waals surface area contributed by atoms with Crippen molar-refractivity contribution in [3.63, 3.8) is 0 Å². The Morgan fingerprint density at radius 1 is 1.38 bits per heavy atom. The van der Waals surface area contributed by atoms with E-state index in [9.17, 15) is 20.0 Å². The molecule has 1 aromatic carbocycles. The summed E-state index contributed by atoms with van der Waals surface area (Å²) >= 11 is 5.91. The van der Waals surface area contributed by atoms with E-state index in [1.807, 2.05) is 0 Å². The molecule has 6 nitrogen and oxygen atoms in total. The fraction of sp³-hybridized carbons (Fsp3) is 0.500. The molecule has 2 N–H and O–H groups in total. The van der Waals surface area contributed by atoms with Crippen molar-refractivity contribution in [1.82, 2.24) is 0 Å². The summed E-state index contributed by atoms with van der Waals surface area (Å²) in [5, 5.41) is 24.0. The van der Waals surface area contributed by atoms with Crippen LogP contribution in [0.15, 0.2) is 18.2 Å². The summed E-state index contributed by atoms with van der Waals surface area (Å²) in [5.74, 6) is -0.885. The molecule has 4 unspecified atom stereocenters. The smallest absolute Gasteiger partial charge is 0.308 e. The molecule has 0 spiro atoms. The third-order valence-electron chi connectivity index (χ3n) is 4.68. The summed E-state index contributed by atoms with van der Waals surface area (Å²) in [5.41, 5.74) is 0.225. The zero-order chi connectivity index (χ0) is 15.1. The molecule has 4 atom stereocenters. The Morgan fingerprint density at radius 2 is 2.10 bits per heavy atom. The van der Waals surface area contributed by atoms with Gasteiger partial charge in [-0.1, -0.05) is 11.6 Å². The van der Waals surface area contributed by atoms with Gasteiger partial charge in [-0.25, -0.2) is 0 Å². The first-order valence-electron chi connectivity index (χ1n) is 6.90. The molecule has 7 heteroatoms. The van der Waals surface area contributed by atoms with E-state index in [4.69, 9.17) is 11.6 Å². The highest BCUT2D eigenvalue weighted by Gasteiger charge is 2.51. The monoisotopic (exact) mass is 310 g/mol. The molecule has 112 valence electrons. The normalized spacial score (nSPS) is 30.3. The van der Waals surface area contributed by atoms with Crippen LogP contribution >= 0.6 is 11.6 Å². The molecule has 0 radical (unpaired) electrons. The fourth-order valence-electron chi connectivity index (χ4n) is 3.82. The number of benzene rings is 1. The second-order valence-corrected chi connectivity index (χ2v) is 6.22. The van der Waals surface area contributed by atoms with Gasteiger partial charge in [-0.05, 0) is 43.2 Å². The standard InChI is InChI=1S/C14H15ClN2O4/c15-9-3-4-11(17(20)21)10(6-9)16-13-8-2-1-7(5-8)12(13)14(18)19/h3-4,6-8,12-13,16H,1-2,5H2,(H,18,19). The summed E-state index contributed by atoms with van der Waals surface area (Å²) in [4.78, 5) is 22.1. The Hall–Kier alpha value is -1.82. The van der Waals surface area contributed by atoms with Crippen LogP contribution in [0.5, 0.6) is 0 Å². The summed E-state index contributed by atoms with van der Waals surface area (Å²) in [6, 6.07) is 4.02. The highest BCUT2D eigenvalue weighted by Crippen LogP contribution is 2.50. The Kier molecular flexibility index (Phi) is 3.49. The van der Waals surface area contributed by atoms with Gasteiger partial charge in [-0.15, -0.1) is 0 Å². The van der Waals surface area contributed by atoms with E-state index in [1.54, 1.807) is 0 Å². The van der Waals surface area contributed by atoms with E-state index >= 15 is 0 Å². The van der Waals surface area contributed by atoms with Crippen LogP contribution in [0.1, 0.15) is 19.3 Å². The predicted octanol–water partition coefficient (Wildman–Crippen LogP) is 3.16. The number of nitrogens with one attached hydrogen (secondary N) is 1. The number of carboxylic acid groups (broad SMARTS) is 1. The van der Waals surface area contributed by atoms with Gasteiger partial charge in [-0.3, -0.25) is 14.9 Å². The second-order valence-electron chi connectivity index (χ2n) is 5.79. The molecule has 0 amide bonds. The van der Waals surface area contributed by atoms with Crippen LogP contribution in [-0.2, 0) is 4.79 Å². The van der Waals surface area contributed by atoms with Crippen molar-refractivity contribution in [1.29, 1.82) is 0 Å². The lowest BCUT2D eigenvalue weighted by Crippen LogP contribution is -2.39. The van der Waals surface area contributed by atoms with Gasteiger partial charge < -0.3 is 10.4 Å². The number of hydrogen-bond acceptors (Lipinski definition) is 4. The number of nitrogens with zero attached hydrogens (tertiary/aromatic N) is 1. The molecule has 21 heavy (non-hydrogen) atoms. The minimum atomic E-state index is -0.829. The van der Waals surface area contributed by atoms with E-state index in [0.717, 1.165) is 19.3 Å². The molecule has 2 saturated carbocycles. The number of carboxylic acids is 1. The summed E-state index contributed by atoms with van der Waals surface area (Å²) in [6.07, 6.45) is 2.78. The second kappa shape index (κ2) is 5.18. The number of anilines is 1. The highest BCUT2D eigenvalue weighted by molar-refractivity contribution is 6.31. The molecule has 0 aliphatic heterocycles. The minimum Gasteiger partial charge on any atom is -0.481 e. The average Bonchev–Trinajstić information content (AvgIpc) is 2.98. The van der Waals surface area contributed by atoms with Crippen LogP contribution in [0.2, 0.25) is 5.02 Å². The Bertz CT molecular complexity index is 607. The first-order valence-corrected chi connectivity index (χ1v) is 7.28. The lowest BCUT2D eigenvalue weighted by molar-refractivity contribution is -0.384. The van der Waals surface area contributed by atoms with Gasteiger partial charge >= 0.3 is 5.97 Å². The van der Waals surface area contributed by atoms with E-state index in [0.29, 0.717) is 10.7 Å². The van der Waals surface area contributed by atoms with Gasteiger partial charge in [0.25, 0.3) is 5.69 Å². The zero-order valence-electron chi connectivity index (χ0n) is 11.2. The minimum absolute atomic E-state index is 0.0775. The van der Waals surface area contributed by atoms with Gasteiger partial charge in [0.15, 0.2) is 0 Å². The quantitative estimate of drug-likeness (QED) is 0.658. The largest absolute Gasteiger partial charge is 0.481 e. The average molecular weight is 311 g/mol. The molecule has 2 aliphatic carbocycles. The number of carbonyl (C=O) groups is 1. The van der Waals surface area contributed by atoms with Crippen molar-refractivity contribution in [2.24, 2.45) is 17.8 Å². The maximum atomic E-state index is 11.5. The van der Waals surface area contributed by atoms with Gasteiger partial charge in [-0.2, -0.15) is 0 Å². The SMILES string of the molecule is O=C(O)C1C2CCC(C2)C1Nc1cc(Cl)ccc1[N+](=O)[O-]. The molecule has 2 fully saturated rings. The van der Waals surface area contributed by atoms with Crippen molar-refractivity contribution in [3.8, 4) is 0 Å². The molecule has 3 rings (SSSR count). The Balaban J connectivity index is 1.91. The highest BCUT2D eigenvalue weighted by atomic mass is 35.5. The van der Waals surface area contributed by atoms with E-state index in [-0.39, 0.29) is 23.6 Å². The number of aliphatic carboxylic acids is 1. The number of fused-ring (bicyclic) bond motifs is 2. The molecule has 0 heterocycles. The summed E-state index contributed by atoms with van der Waals surface area (Å²) in [6.45, 7) is 0. The van der Waals surface area contributed by atoms with Crippen LogP contribution in [0.3, 0.4) is 0 Å². The molecular weight excluding hydrogens is 296 g/mol. The fourth-order valence-corrected chi connectivity index (χ4v) is 3.99. The van der Waals surface area contributed by atoms with Gasteiger partial charge in [0.1, 0.15) is 5.69 Å². The van der Waals surface area contributed by atoms with Gasteiger partial charge in [0.05, 0.1) is 10.8 Å². The van der Waals surface area contributed by atoms with E-state index in [2.05, 4.69) is 5.32 Å². The third kappa shape index (κ3) is 2.44. The number of nitro groups is 1. The Labute approximate surface area is 126 Å². The lowest BCUT2D eigenvalue weighted by Gasteiger charge is -2.29. The summed E-state index contributed by atoms with van der Waals surface area (Å²) < 4.78 is 0. The number of rotatable bonds is 4. The molecule has 2 bridgehead atoms. The number of hydrogen-bond donors (Lipinski definition) is 2. The molecule has 2 aliphatic rings. The van der Waals surface area contributed by atoms with Crippen molar-refractivity contribution >= 4 is 28.9 Å². The maximum Gasteiger partial charge on any atom is 0.308 e. The van der Waals surface area contributed by atoms with Crippen molar-refractivity contribution < 1.29 is 14.8 Å². The molecular formula is C14H15ClN2O4. The van der Waals surface area contributed by atoms with Crippen LogP contribution in [-0.4, -0.2) is 22.0 Å². The van der Waals surface area contributed by atoms with Gasteiger partial charge in [0.2, 0.25) is 0 Å². The number of halogens is 1. The van der Waals surface area contributed by atoms with Crippen LogP contribution in [0, 0.1) is 27.9 Å². The predicted molar refractivity (Wildman–Crippen MR) is 77.5 cm³/mol. The van der Waals surface area contributed by atoms with Crippen molar-refractivity contribution in [2.75, 3.05) is 5.32 Å². The topological polar surface area (TPSA) is 92.5 Å². The van der Waals surface area contributed by atoms with Crippen molar-refractivity contribution in [2.45, 2.75) is 25.3 Å². The van der Waals surface area contributed by atoms with Crippen molar-refractivity contribution in [3.05, 3.63) is 33.3 Å². The number of nitro benzene ring substituents is 1. The van der Waals surface area contributed by atoms with Crippen LogP contribution in [0.25, 0.3) is 0 Å². The molecule has 0 saturated heterocycles. The Morgan fingerprint density at radius 3 is 2.76 bits per heavy atom. The van der Waals surface area contributed by atoms with E-state index < -0.39 is 16.8 Å². The molecule has 1 aromatic rings. The molecule has 0 aromatic heterocycles. The maximum absolute atomic E-state index is 11.5. The first kappa shape index (κ1) is 14.1. The lowest BCUT2D eigenvalue weighted by atomic mass is 9.84.